The SMILES string of the molecule is CCCCCCC/C=C\C/C=C\C/C=C\CCCCCCCCCCCCCCCCCCCCCCCCC(=O)OC(COC(=O)CCCCCCCCCCCCCCCCCCCCCCCCCCCCC/C=C\C/C=C\CCCCCCC)COP(=O)(O)OCCN. The van der Waals surface area contributed by atoms with Crippen molar-refractivity contribution in [2.24, 2.45) is 5.73 Å². The van der Waals surface area contributed by atoms with Gasteiger partial charge in [-0.25, -0.2) is 4.57 Å². The third-order valence-corrected chi connectivity index (χ3v) is 20.4. The molecule has 3 N–H and O–H groups in total. The molecule has 0 aromatic rings. The third kappa shape index (κ3) is 82.6. The molecule has 0 aromatic heterocycles. The molecule has 0 aliphatic heterocycles. The summed E-state index contributed by atoms with van der Waals surface area (Å²) in [6.45, 7) is 3.80. The molecule has 0 rings (SSSR count). The summed E-state index contributed by atoms with van der Waals surface area (Å²) in [7, 11) is -4.40. The Balaban J connectivity index is 3.73. The Labute approximate surface area is 603 Å². The van der Waals surface area contributed by atoms with Crippen molar-refractivity contribution in [3.05, 3.63) is 60.8 Å². The molecule has 0 spiro atoms. The van der Waals surface area contributed by atoms with Crippen molar-refractivity contribution in [1.29, 1.82) is 0 Å². The van der Waals surface area contributed by atoms with E-state index in [1.807, 2.05) is 0 Å². The molecule has 0 amide bonds. The van der Waals surface area contributed by atoms with E-state index in [0.717, 1.165) is 51.4 Å². The molecular formula is C87H164NO8P. The molecule has 0 aromatic carbocycles. The highest BCUT2D eigenvalue weighted by Crippen LogP contribution is 2.43. The second kappa shape index (κ2) is 82.7. The molecule has 0 aliphatic carbocycles. The van der Waals surface area contributed by atoms with Crippen molar-refractivity contribution in [3.63, 3.8) is 0 Å². The maximum atomic E-state index is 12.8. The smallest absolute Gasteiger partial charge is 0.462 e. The molecule has 0 radical (unpaired) electrons. The fraction of sp³-hybridized carbons (Fsp3) is 0.862. The van der Waals surface area contributed by atoms with E-state index in [9.17, 15) is 19.0 Å². The number of carbonyl (C=O) groups excluding carboxylic acids is 2. The fourth-order valence-electron chi connectivity index (χ4n) is 13.0. The van der Waals surface area contributed by atoms with Gasteiger partial charge in [0.25, 0.3) is 0 Å². The van der Waals surface area contributed by atoms with Crippen LogP contribution in [0.25, 0.3) is 0 Å². The molecule has 0 heterocycles. The normalized spacial score (nSPS) is 13.1. The lowest BCUT2D eigenvalue weighted by molar-refractivity contribution is -0.161. The van der Waals surface area contributed by atoms with Crippen molar-refractivity contribution in [2.45, 2.75) is 457 Å². The predicted octanol–water partition coefficient (Wildman–Crippen LogP) is 28.9. The summed E-state index contributed by atoms with van der Waals surface area (Å²) in [4.78, 5) is 35.5. The number of rotatable bonds is 82. The molecule has 0 bridgehead atoms. The van der Waals surface area contributed by atoms with Crippen LogP contribution in [0, 0.1) is 0 Å². The number of carbonyl (C=O) groups is 2. The average Bonchev–Trinajstić information content (AvgIpc) is 2.17. The second-order valence-corrected chi connectivity index (χ2v) is 30.5. The van der Waals surface area contributed by atoms with Crippen molar-refractivity contribution in [1.82, 2.24) is 0 Å². The molecule has 9 nitrogen and oxygen atoms in total. The molecule has 0 saturated heterocycles. The van der Waals surface area contributed by atoms with Crippen LogP contribution >= 0.6 is 7.82 Å². The zero-order valence-electron chi connectivity index (χ0n) is 64.6. The predicted molar refractivity (Wildman–Crippen MR) is 423 cm³/mol. The van der Waals surface area contributed by atoms with E-state index in [-0.39, 0.29) is 38.6 Å². The van der Waals surface area contributed by atoms with Gasteiger partial charge in [0.05, 0.1) is 13.2 Å². The van der Waals surface area contributed by atoms with Gasteiger partial charge in [-0.15, -0.1) is 0 Å². The van der Waals surface area contributed by atoms with E-state index in [2.05, 4.69) is 74.6 Å². The number of allylic oxidation sites excluding steroid dienone is 10. The molecule has 570 valence electrons. The van der Waals surface area contributed by atoms with Crippen LogP contribution in [0.2, 0.25) is 0 Å². The number of unbranched alkanes of at least 4 members (excludes halogenated alkanes) is 59. The van der Waals surface area contributed by atoms with E-state index in [4.69, 9.17) is 24.3 Å². The van der Waals surface area contributed by atoms with E-state index >= 15 is 0 Å². The molecular weight excluding hydrogens is 1220 g/mol. The number of hydrogen-bond acceptors (Lipinski definition) is 8. The quantitative estimate of drug-likeness (QED) is 0.0264. The molecule has 0 fully saturated rings. The monoisotopic (exact) mass is 1380 g/mol. The van der Waals surface area contributed by atoms with Gasteiger partial charge in [-0.2, -0.15) is 0 Å². The number of phosphoric acid groups is 1. The zero-order valence-corrected chi connectivity index (χ0v) is 65.5. The van der Waals surface area contributed by atoms with Gasteiger partial charge in [0.1, 0.15) is 6.61 Å². The van der Waals surface area contributed by atoms with Gasteiger partial charge in [-0.05, 0) is 83.5 Å². The van der Waals surface area contributed by atoms with Crippen LogP contribution in [0.1, 0.15) is 450 Å². The summed E-state index contributed by atoms with van der Waals surface area (Å²) in [6, 6.07) is 0. The molecule has 0 saturated carbocycles. The lowest BCUT2D eigenvalue weighted by Gasteiger charge is -2.19. The summed E-state index contributed by atoms with van der Waals surface area (Å²) < 4.78 is 33.3. The second-order valence-electron chi connectivity index (χ2n) is 29.1. The summed E-state index contributed by atoms with van der Waals surface area (Å²) in [5, 5.41) is 0. The minimum Gasteiger partial charge on any atom is -0.462 e. The highest BCUT2D eigenvalue weighted by molar-refractivity contribution is 7.47. The molecule has 10 heteroatoms. The number of ether oxygens (including phenoxy) is 2. The van der Waals surface area contributed by atoms with Crippen LogP contribution in [0.3, 0.4) is 0 Å². The Bertz CT molecular complexity index is 1780. The lowest BCUT2D eigenvalue weighted by Crippen LogP contribution is -2.29. The topological polar surface area (TPSA) is 134 Å². The van der Waals surface area contributed by atoms with Gasteiger partial charge in [-0.3, -0.25) is 18.6 Å². The van der Waals surface area contributed by atoms with Gasteiger partial charge in [-0.1, -0.05) is 415 Å². The molecule has 0 aliphatic rings. The lowest BCUT2D eigenvalue weighted by atomic mass is 10.0. The minimum atomic E-state index is -4.40. The first kappa shape index (κ1) is 94.7. The zero-order chi connectivity index (χ0) is 70.0. The summed E-state index contributed by atoms with van der Waals surface area (Å²) >= 11 is 0. The third-order valence-electron chi connectivity index (χ3n) is 19.4. The maximum Gasteiger partial charge on any atom is 0.472 e. The fourth-order valence-corrected chi connectivity index (χ4v) is 13.8. The van der Waals surface area contributed by atoms with Crippen molar-refractivity contribution in [2.75, 3.05) is 26.4 Å². The van der Waals surface area contributed by atoms with Gasteiger partial charge in [0, 0.05) is 19.4 Å². The van der Waals surface area contributed by atoms with Gasteiger partial charge in [0.15, 0.2) is 6.10 Å². The number of hydrogen-bond donors (Lipinski definition) is 2. The Hall–Kier alpha value is -2.29. The molecule has 2 unspecified atom stereocenters. The van der Waals surface area contributed by atoms with Crippen LogP contribution in [0.4, 0.5) is 0 Å². The highest BCUT2D eigenvalue weighted by Gasteiger charge is 2.26. The standard InChI is InChI=1S/C87H164NO8P/c1-3-5-7-9-11-13-15-17-19-21-23-25-27-29-31-33-35-37-39-41-42-44-45-47-49-51-53-55-57-59-61-63-65-67-69-71-73-75-77-79-86(89)93-83-85(84-95-97(91,92)94-82-81-88)96-87(90)80-78-76-74-72-70-68-66-64-62-60-58-56-54-52-50-48-46-43-40-38-36-34-32-30-28-26-24-22-20-18-16-14-12-10-8-6-4-2/h15-18,21-24,28,30,85H,3-14,19-20,25-27,29,31-84,88H2,1-2H3,(H,91,92)/b17-15-,18-16-,23-21-,24-22-,30-28-. The van der Waals surface area contributed by atoms with Crippen LogP contribution in [0.15, 0.2) is 60.8 Å². The number of esters is 2. The average molecular weight is 1380 g/mol. The van der Waals surface area contributed by atoms with Crippen molar-refractivity contribution < 1.29 is 37.6 Å². The maximum absolute atomic E-state index is 12.8. The highest BCUT2D eigenvalue weighted by atomic mass is 31.2. The van der Waals surface area contributed by atoms with E-state index in [1.165, 1.54) is 366 Å². The Kier molecular flexibility index (Phi) is 80.7. The van der Waals surface area contributed by atoms with Gasteiger partial charge >= 0.3 is 19.8 Å². The van der Waals surface area contributed by atoms with Crippen LogP contribution < -0.4 is 5.73 Å². The Morgan fingerprint density at radius 1 is 0.309 bits per heavy atom. The van der Waals surface area contributed by atoms with E-state index in [0.29, 0.717) is 6.42 Å². The van der Waals surface area contributed by atoms with Gasteiger partial charge < -0.3 is 20.1 Å². The van der Waals surface area contributed by atoms with Crippen molar-refractivity contribution in [3.8, 4) is 0 Å². The first-order valence-corrected chi connectivity index (χ1v) is 44.3. The van der Waals surface area contributed by atoms with Crippen LogP contribution in [-0.4, -0.2) is 49.3 Å². The number of nitrogens with two attached hydrogens (primary N) is 1. The van der Waals surface area contributed by atoms with Crippen LogP contribution in [0.5, 0.6) is 0 Å². The Morgan fingerprint density at radius 3 is 0.794 bits per heavy atom. The number of phosphoric ester groups is 1. The first-order valence-electron chi connectivity index (χ1n) is 42.8. The minimum absolute atomic E-state index is 0.0558. The first-order chi connectivity index (χ1) is 47.8. The largest absolute Gasteiger partial charge is 0.472 e. The molecule has 97 heavy (non-hydrogen) atoms. The Morgan fingerprint density at radius 2 is 0.536 bits per heavy atom. The summed E-state index contributed by atoms with van der Waals surface area (Å²) in [5.41, 5.74) is 5.42. The summed E-state index contributed by atoms with van der Waals surface area (Å²) in [5.74, 6) is -0.801. The van der Waals surface area contributed by atoms with Gasteiger partial charge in [0.2, 0.25) is 0 Å². The van der Waals surface area contributed by atoms with E-state index in [1.54, 1.807) is 0 Å². The summed E-state index contributed by atoms with van der Waals surface area (Å²) in [6.07, 6.45) is 110. The van der Waals surface area contributed by atoms with Crippen LogP contribution in [-0.2, 0) is 32.7 Å². The van der Waals surface area contributed by atoms with Crippen molar-refractivity contribution >= 4 is 19.8 Å². The molecule has 2 atom stereocenters. The van der Waals surface area contributed by atoms with E-state index < -0.39 is 26.5 Å².